The van der Waals surface area contributed by atoms with Crippen molar-refractivity contribution in [2.45, 2.75) is 43.7 Å². The van der Waals surface area contributed by atoms with Crippen molar-refractivity contribution in [1.82, 2.24) is 5.32 Å². The standard InChI is InChI=1S/C16H25NS2/c1-4-17-15(16-13(3)18-8-9-19-16)11-14-7-5-6-12(2)10-14/h5-7,10,13,15-17H,4,8-9,11H2,1-3H3. The van der Waals surface area contributed by atoms with Crippen LogP contribution in [0.3, 0.4) is 0 Å². The molecule has 1 aliphatic heterocycles. The monoisotopic (exact) mass is 295 g/mol. The summed E-state index contributed by atoms with van der Waals surface area (Å²) in [7, 11) is 0. The van der Waals surface area contributed by atoms with E-state index in [4.69, 9.17) is 0 Å². The molecule has 0 aromatic heterocycles. The minimum Gasteiger partial charge on any atom is -0.313 e. The average molecular weight is 296 g/mol. The van der Waals surface area contributed by atoms with Crippen LogP contribution in [0.2, 0.25) is 0 Å². The number of rotatable bonds is 5. The molecule has 0 radical (unpaired) electrons. The predicted molar refractivity (Wildman–Crippen MR) is 90.5 cm³/mol. The van der Waals surface area contributed by atoms with Crippen LogP contribution in [-0.4, -0.2) is 34.6 Å². The molecular weight excluding hydrogens is 270 g/mol. The van der Waals surface area contributed by atoms with Gasteiger partial charge in [0.05, 0.1) is 0 Å². The Morgan fingerprint density at radius 1 is 1.32 bits per heavy atom. The molecule has 3 unspecified atom stereocenters. The van der Waals surface area contributed by atoms with Crippen molar-refractivity contribution in [3.63, 3.8) is 0 Å². The summed E-state index contributed by atoms with van der Waals surface area (Å²) in [6.07, 6.45) is 1.15. The molecular formula is C16H25NS2. The van der Waals surface area contributed by atoms with Gasteiger partial charge in [0.25, 0.3) is 0 Å². The Kier molecular flexibility index (Phi) is 6.11. The number of likely N-dealkylation sites (N-methyl/N-ethyl adjacent to an activating group) is 1. The van der Waals surface area contributed by atoms with Gasteiger partial charge in [-0.1, -0.05) is 43.7 Å². The molecule has 106 valence electrons. The maximum atomic E-state index is 3.72. The van der Waals surface area contributed by atoms with Crippen molar-refractivity contribution in [2.75, 3.05) is 18.1 Å². The van der Waals surface area contributed by atoms with Gasteiger partial charge in [0.15, 0.2) is 0 Å². The van der Waals surface area contributed by atoms with Crippen LogP contribution < -0.4 is 5.32 Å². The molecule has 3 heteroatoms. The molecule has 1 aromatic rings. The summed E-state index contributed by atoms with van der Waals surface area (Å²) in [4.78, 5) is 0. The molecule has 0 spiro atoms. The topological polar surface area (TPSA) is 12.0 Å². The van der Waals surface area contributed by atoms with Crippen molar-refractivity contribution >= 4 is 23.5 Å². The van der Waals surface area contributed by atoms with Gasteiger partial charge in [-0.3, -0.25) is 0 Å². The summed E-state index contributed by atoms with van der Waals surface area (Å²) in [5.41, 5.74) is 2.83. The summed E-state index contributed by atoms with van der Waals surface area (Å²) in [5.74, 6) is 2.61. The Labute approximate surface area is 126 Å². The van der Waals surface area contributed by atoms with E-state index in [1.807, 2.05) is 0 Å². The number of hydrogen-bond donors (Lipinski definition) is 1. The van der Waals surface area contributed by atoms with Crippen LogP contribution in [0.15, 0.2) is 24.3 Å². The van der Waals surface area contributed by atoms with Gasteiger partial charge in [-0.25, -0.2) is 0 Å². The van der Waals surface area contributed by atoms with Gasteiger partial charge in [-0.05, 0) is 25.5 Å². The van der Waals surface area contributed by atoms with E-state index in [1.54, 1.807) is 0 Å². The van der Waals surface area contributed by atoms with Crippen LogP contribution in [0.4, 0.5) is 0 Å². The number of aryl methyl sites for hydroxylation is 1. The van der Waals surface area contributed by atoms with Crippen LogP contribution >= 0.6 is 23.5 Å². The van der Waals surface area contributed by atoms with Crippen LogP contribution in [0.25, 0.3) is 0 Å². The average Bonchev–Trinajstić information content (AvgIpc) is 2.39. The first-order valence-electron chi connectivity index (χ1n) is 7.23. The molecule has 1 heterocycles. The van der Waals surface area contributed by atoms with Gasteiger partial charge in [0.2, 0.25) is 0 Å². The third kappa shape index (κ3) is 4.44. The van der Waals surface area contributed by atoms with Crippen LogP contribution in [0, 0.1) is 6.92 Å². The van der Waals surface area contributed by atoms with Crippen LogP contribution in [0.5, 0.6) is 0 Å². The van der Waals surface area contributed by atoms with Gasteiger partial charge in [0.1, 0.15) is 0 Å². The molecule has 1 aliphatic rings. The zero-order valence-electron chi connectivity index (χ0n) is 12.2. The Morgan fingerprint density at radius 3 is 2.79 bits per heavy atom. The molecule has 0 bridgehead atoms. The summed E-state index contributed by atoms with van der Waals surface area (Å²) in [6, 6.07) is 9.55. The van der Waals surface area contributed by atoms with Crippen molar-refractivity contribution in [3.8, 4) is 0 Å². The molecule has 0 aliphatic carbocycles. The van der Waals surface area contributed by atoms with Crippen molar-refractivity contribution in [2.24, 2.45) is 0 Å². The van der Waals surface area contributed by atoms with E-state index in [0.717, 1.165) is 23.5 Å². The van der Waals surface area contributed by atoms with Crippen LogP contribution in [0.1, 0.15) is 25.0 Å². The van der Waals surface area contributed by atoms with E-state index < -0.39 is 0 Å². The number of hydrogen-bond acceptors (Lipinski definition) is 3. The lowest BCUT2D eigenvalue weighted by molar-refractivity contribution is 0.501. The molecule has 1 nitrogen and oxygen atoms in total. The largest absolute Gasteiger partial charge is 0.313 e. The lowest BCUT2D eigenvalue weighted by Gasteiger charge is -2.35. The second-order valence-corrected chi connectivity index (χ2v) is 8.04. The SMILES string of the molecule is CCNC(Cc1cccc(C)c1)C1SCCSC1C. The van der Waals surface area contributed by atoms with E-state index in [0.29, 0.717) is 6.04 Å². The highest BCUT2D eigenvalue weighted by Crippen LogP contribution is 2.34. The van der Waals surface area contributed by atoms with E-state index >= 15 is 0 Å². The molecule has 1 aromatic carbocycles. The van der Waals surface area contributed by atoms with Crippen molar-refractivity contribution in [1.29, 1.82) is 0 Å². The molecule has 3 atom stereocenters. The van der Waals surface area contributed by atoms with Gasteiger partial charge in [-0.2, -0.15) is 23.5 Å². The van der Waals surface area contributed by atoms with E-state index in [-0.39, 0.29) is 0 Å². The number of thioether (sulfide) groups is 2. The fourth-order valence-electron chi connectivity index (χ4n) is 2.75. The van der Waals surface area contributed by atoms with E-state index in [2.05, 4.69) is 73.9 Å². The van der Waals surface area contributed by atoms with Gasteiger partial charge in [-0.15, -0.1) is 0 Å². The zero-order valence-corrected chi connectivity index (χ0v) is 13.8. The van der Waals surface area contributed by atoms with E-state index in [9.17, 15) is 0 Å². The Morgan fingerprint density at radius 2 is 2.11 bits per heavy atom. The molecule has 0 saturated carbocycles. The second kappa shape index (κ2) is 7.61. The van der Waals surface area contributed by atoms with Crippen molar-refractivity contribution < 1.29 is 0 Å². The minimum absolute atomic E-state index is 0.597. The normalized spacial score (nSPS) is 25.2. The summed E-state index contributed by atoms with van der Waals surface area (Å²) >= 11 is 4.29. The fraction of sp³-hybridized carbons (Fsp3) is 0.625. The van der Waals surface area contributed by atoms with Gasteiger partial charge in [0, 0.05) is 28.0 Å². The molecule has 2 rings (SSSR count). The lowest BCUT2D eigenvalue weighted by Crippen LogP contribution is -2.45. The zero-order chi connectivity index (χ0) is 13.7. The maximum absolute atomic E-state index is 3.72. The van der Waals surface area contributed by atoms with E-state index in [1.165, 1.54) is 22.6 Å². The molecule has 1 saturated heterocycles. The number of nitrogens with one attached hydrogen (secondary N) is 1. The predicted octanol–water partition coefficient (Wildman–Crippen LogP) is 3.75. The quantitative estimate of drug-likeness (QED) is 0.888. The third-order valence-electron chi connectivity index (χ3n) is 3.64. The molecule has 1 N–H and O–H groups in total. The van der Waals surface area contributed by atoms with Gasteiger partial charge >= 0.3 is 0 Å². The molecule has 1 fully saturated rings. The Hall–Kier alpha value is -0.120. The summed E-state index contributed by atoms with van der Waals surface area (Å²) in [5, 5.41) is 5.21. The first kappa shape index (κ1) is 15.3. The summed E-state index contributed by atoms with van der Waals surface area (Å²) < 4.78 is 0. The first-order valence-corrected chi connectivity index (χ1v) is 9.32. The smallest absolute Gasteiger partial charge is 0.0320 e. The van der Waals surface area contributed by atoms with Crippen molar-refractivity contribution in [3.05, 3.63) is 35.4 Å². The van der Waals surface area contributed by atoms with Crippen LogP contribution in [-0.2, 0) is 6.42 Å². The Bertz CT molecular complexity index is 394. The second-order valence-electron chi connectivity index (χ2n) is 5.27. The fourth-order valence-corrected chi connectivity index (χ4v) is 5.71. The number of benzene rings is 1. The first-order chi connectivity index (χ1) is 9.20. The highest BCUT2D eigenvalue weighted by molar-refractivity contribution is 8.07. The highest BCUT2D eigenvalue weighted by Gasteiger charge is 2.29. The highest BCUT2D eigenvalue weighted by atomic mass is 32.2. The summed E-state index contributed by atoms with van der Waals surface area (Å²) in [6.45, 7) is 7.85. The Balaban J connectivity index is 2.06. The molecule has 19 heavy (non-hydrogen) atoms. The minimum atomic E-state index is 0.597. The third-order valence-corrected chi connectivity index (χ3v) is 6.89. The van der Waals surface area contributed by atoms with Gasteiger partial charge < -0.3 is 5.32 Å². The molecule has 0 amide bonds. The maximum Gasteiger partial charge on any atom is 0.0320 e. The lowest BCUT2D eigenvalue weighted by atomic mass is 10.00.